The van der Waals surface area contributed by atoms with Crippen LogP contribution in [0.1, 0.15) is 22.9 Å². The molecule has 0 radical (unpaired) electrons. The Morgan fingerprint density at radius 1 is 1.26 bits per heavy atom. The van der Waals surface area contributed by atoms with Crippen molar-refractivity contribution in [2.45, 2.75) is 20.0 Å². The lowest BCUT2D eigenvalue weighted by Gasteiger charge is -2.12. The molecule has 1 N–H and O–H groups in total. The molecule has 0 aliphatic carbocycles. The van der Waals surface area contributed by atoms with E-state index in [2.05, 4.69) is 26.1 Å². The number of aliphatic hydroxyl groups excluding tert-OH is 1. The summed E-state index contributed by atoms with van der Waals surface area (Å²) in [6, 6.07) is 9.31. The van der Waals surface area contributed by atoms with Gasteiger partial charge in [0.1, 0.15) is 12.7 Å². The van der Waals surface area contributed by atoms with E-state index in [1.54, 1.807) is 0 Å². The van der Waals surface area contributed by atoms with Gasteiger partial charge in [0.25, 0.3) is 0 Å². The summed E-state index contributed by atoms with van der Waals surface area (Å²) in [5.74, 6) is 0.428. The SMILES string of the molecule is Cc1cc(OC[C@@H](O)c2cccc(Br)c2)nnc1C. The molecule has 0 aliphatic rings. The molecule has 0 amide bonds. The molecule has 0 fully saturated rings. The smallest absolute Gasteiger partial charge is 0.233 e. The lowest BCUT2D eigenvalue weighted by atomic mass is 10.1. The zero-order chi connectivity index (χ0) is 13.8. The molecule has 0 saturated heterocycles. The third-order valence-electron chi connectivity index (χ3n) is 2.83. The summed E-state index contributed by atoms with van der Waals surface area (Å²) < 4.78 is 6.38. The second-order valence-electron chi connectivity index (χ2n) is 4.33. The second-order valence-corrected chi connectivity index (χ2v) is 5.25. The Morgan fingerprint density at radius 2 is 2.05 bits per heavy atom. The standard InChI is InChI=1S/C14H15BrN2O2/c1-9-6-14(17-16-10(9)2)19-8-13(18)11-4-3-5-12(15)7-11/h3-7,13,18H,8H2,1-2H3/t13-/m1/s1. The molecule has 1 heterocycles. The first-order valence-corrected chi connectivity index (χ1v) is 6.73. The molecule has 19 heavy (non-hydrogen) atoms. The van der Waals surface area contributed by atoms with Gasteiger partial charge in [0, 0.05) is 10.5 Å². The molecule has 2 aromatic rings. The third kappa shape index (κ3) is 3.75. The maximum atomic E-state index is 10.0. The normalized spacial score (nSPS) is 12.2. The zero-order valence-electron chi connectivity index (χ0n) is 10.8. The fourth-order valence-corrected chi connectivity index (χ4v) is 1.98. The topological polar surface area (TPSA) is 55.2 Å². The largest absolute Gasteiger partial charge is 0.473 e. The van der Waals surface area contributed by atoms with Crippen molar-refractivity contribution in [2.24, 2.45) is 0 Å². The van der Waals surface area contributed by atoms with Crippen LogP contribution in [0, 0.1) is 13.8 Å². The molecule has 1 aromatic heterocycles. The van der Waals surface area contributed by atoms with Crippen molar-refractivity contribution in [1.29, 1.82) is 0 Å². The van der Waals surface area contributed by atoms with Gasteiger partial charge >= 0.3 is 0 Å². The van der Waals surface area contributed by atoms with E-state index in [-0.39, 0.29) is 6.61 Å². The van der Waals surface area contributed by atoms with Gasteiger partial charge in [-0.1, -0.05) is 28.1 Å². The molecular formula is C14H15BrN2O2. The van der Waals surface area contributed by atoms with E-state index >= 15 is 0 Å². The molecule has 0 unspecified atom stereocenters. The number of aryl methyl sites for hydroxylation is 2. The Hall–Kier alpha value is -1.46. The van der Waals surface area contributed by atoms with Crippen molar-refractivity contribution in [3.63, 3.8) is 0 Å². The van der Waals surface area contributed by atoms with Gasteiger partial charge in [-0.25, -0.2) is 0 Å². The number of aliphatic hydroxyl groups is 1. The van der Waals surface area contributed by atoms with Gasteiger partial charge in [-0.15, -0.1) is 5.10 Å². The van der Waals surface area contributed by atoms with Crippen LogP contribution < -0.4 is 4.74 Å². The van der Waals surface area contributed by atoms with Gasteiger partial charge in [0.15, 0.2) is 0 Å². The van der Waals surface area contributed by atoms with Crippen LogP contribution in [0.15, 0.2) is 34.8 Å². The van der Waals surface area contributed by atoms with E-state index in [1.807, 2.05) is 44.2 Å². The summed E-state index contributed by atoms with van der Waals surface area (Å²) in [4.78, 5) is 0. The van der Waals surface area contributed by atoms with Crippen LogP contribution in [0.4, 0.5) is 0 Å². The highest BCUT2D eigenvalue weighted by Gasteiger charge is 2.10. The number of aromatic nitrogens is 2. The maximum absolute atomic E-state index is 10.0. The first-order chi connectivity index (χ1) is 9.06. The minimum Gasteiger partial charge on any atom is -0.473 e. The van der Waals surface area contributed by atoms with Crippen molar-refractivity contribution in [3.05, 3.63) is 51.6 Å². The minimum atomic E-state index is -0.694. The summed E-state index contributed by atoms with van der Waals surface area (Å²) in [6.45, 7) is 3.98. The fourth-order valence-electron chi connectivity index (χ4n) is 1.57. The average molecular weight is 323 g/mol. The van der Waals surface area contributed by atoms with Crippen LogP contribution in [-0.2, 0) is 0 Å². The van der Waals surface area contributed by atoms with E-state index in [9.17, 15) is 5.11 Å². The van der Waals surface area contributed by atoms with Crippen LogP contribution in [0.25, 0.3) is 0 Å². The number of ether oxygens (including phenoxy) is 1. The van der Waals surface area contributed by atoms with Gasteiger partial charge in [-0.3, -0.25) is 0 Å². The van der Waals surface area contributed by atoms with Crippen molar-refractivity contribution in [2.75, 3.05) is 6.61 Å². The molecular weight excluding hydrogens is 308 g/mol. The third-order valence-corrected chi connectivity index (χ3v) is 3.33. The Labute approximate surface area is 120 Å². The highest BCUT2D eigenvalue weighted by molar-refractivity contribution is 9.10. The first-order valence-electron chi connectivity index (χ1n) is 5.93. The van der Waals surface area contributed by atoms with Gasteiger partial charge in [0.2, 0.25) is 5.88 Å². The molecule has 5 heteroatoms. The molecule has 0 bridgehead atoms. The lowest BCUT2D eigenvalue weighted by molar-refractivity contribution is 0.105. The number of benzene rings is 1. The maximum Gasteiger partial charge on any atom is 0.233 e. The molecule has 0 aliphatic heterocycles. The first kappa shape index (κ1) is 14.0. The van der Waals surface area contributed by atoms with Crippen molar-refractivity contribution in [3.8, 4) is 5.88 Å². The number of rotatable bonds is 4. The van der Waals surface area contributed by atoms with E-state index in [4.69, 9.17) is 4.74 Å². The van der Waals surface area contributed by atoms with Crippen LogP contribution >= 0.6 is 15.9 Å². The van der Waals surface area contributed by atoms with Gasteiger partial charge in [0.05, 0.1) is 5.69 Å². The van der Waals surface area contributed by atoms with E-state index in [0.717, 1.165) is 21.3 Å². The van der Waals surface area contributed by atoms with Crippen molar-refractivity contribution in [1.82, 2.24) is 10.2 Å². The van der Waals surface area contributed by atoms with Crippen LogP contribution in [0.3, 0.4) is 0 Å². The number of nitrogens with zero attached hydrogens (tertiary/aromatic N) is 2. The van der Waals surface area contributed by atoms with Crippen LogP contribution in [0.5, 0.6) is 5.88 Å². The lowest BCUT2D eigenvalue weighted by Crippen LogP contribution is -2.11. The Bertz CT molecular complexity index is 575. The Morgan fingerprint density at radius 3 is 2.74 bits per heavy atom. The van der Waals surface area contributed by atoms with Gasteiger partial charge < -0.3 is 9.84 Å². The highest BCUT2D eigenvalue weighted by Crippen LogP contribution is 2.19. The summed E-state index contributed by atoms with van der Waals surface area (Å²) in [5, 5.41) is 17.9. The predicted octanol–water partition coefficient (Wildman–Crippen LogP) is 2.97. The molecule has 0 saturated carbocycles. The summed E-state index contributed by atoms with van der Waals surface area (Å²) in [7, 11) is 0. The Balaban J connectivity index is 2.00. The summed E-state index contributed by atoms with van der Waals surface area (Å²) in [5.41, 5.74) is 2.69. The predicted molar refractivity (Wildman–Crippen MR) is 76.1 cm³/mol. The van der Waals surface area contributed by atoms with Gasteiger partial charge in [-0.2, -0.15) is 5.10 Å². The molecule has 2 rings (SSSR count). The number of hydrogen-bond donors (Lipinski definition) is 1. The Kier molecular flexibility index (Phi) is 4.50. The fraction of sp³-hybridized carbons (Fsp3) is 0.286. The molecule has 1 atom stereocenters. The summed E-state index contributed by atoms with van der Waals surface area (Å²) >= 11 is 3.37. The van der Waals surface area contributed by atoms with Crippen molar-refractivity contribution < 1.29 is 9.84 Å². The summed E-state index contributed by atoms with van der Waals surface area (Å²) in [6.07, 6.45) is -0.694. The van der Waals surface area contributed by atoms with Crippen LogP contribution in [0.2, 0.25) is 0 Å². The molecule has 1 aromatic carbocycles. The molecule has 100 valence electrons. The average Bonchev–Trinajstić information content (AvgIpc) is 2.40. The number of halogens is 1. The van der Waals surface area contributed by atoms with Crippen LogP contribution in [-0.4, -0.2) is 21.9 Å². The monoisotopic (exact) mass is 322 g/mol. The van der Waals surface area contributed by atoms with E-state index in [1.165, 1.54) is 0 Å². The zero-order valence-corrected chi connectivity index (χ0v) is 12.4. The molecule has 4 nitrogen and oxygen atoms in total. The van der Waals surface area contributed by atoms with Crippen molar-refractivity contribution >= 4 is 15.9 Å². The van der Waals surface area contributed by atoms with E-state index < -0.39 is 6.10 Å². The highest BCUT2D eigenvalue weighted by atomic mass is 79.9. The van der Waals surface area contributed by atoms with Gasteiger partial charge in [-0.05, 0) is 37.1 Å². The minimum absolute atomic E-state index is 0.146. The number of hydrogen-bond acceptors (Lipinski definition) is 4. The second kappa shape index (κ2) is 6.12. The quantitative estimate of drug-likeness (QED) is 0.940. The van der Waals surface area contributed by atoms with E-state index in [0.29, 0.717) is 5.88 Å². The molecule has 0 spiro atoms.